The molecule has 104 valence electrons. The molecule has 0 radical (unpaired) electrons. The van der Waals surface area contributed by atoms with Crippen molar-refractivity contribution in [2.75, 3.05) is 0 Å². The second-order valence-corrected chi connectivity index (χ2v) is 5.22. The summed E-state index contributed by atoms with van der Waals surface area (Å²) in [4.78, 5) is 11.1. The van der Waals surface area contributed by atoms with Crippen LogP contribution in [0.15, 0.2) is 59.9 Å². The zero-order valence-corrected chi connectivity index (χ0v) is 12.1. The zero-order chi connectivity index (χ0) is 14.4. The van der Waals surface area contributed by atoms with E-state index in [1.165, 1.54) is 10.6 Å². The maximum Gasteiger partial charge on any atom is 0.0660 e. The average Bonchev–Trinajstić information content (AvgIpc) is 2.47. The molecule has 2 aromatic carbocycles. The van der Waals surface area contributed by atoms with Gasteiger partial charge in [0.15, 0.2) is 0 Å². The molecule has 0 bridgehead atoms. The maximum atomic E-state index is 11.1. The Balaban J connectivity index is 2.05. The summed E-state index contributed by atoms with van der Waals surface area (Å²) in [7, 11) is 0. The van der Waals surface area contributed by atoms with Crippen LogP contribution in [0.5, 0.6) is 0 Å². The number of rotatable bonds is 6. The second-order valence-electron chi connectivity index (χ2n) is 4.81. The maximum absolute atomic E-state index is 11.1. The Labute approximate surface area is 124 Å². The van der Waals surface area contributed by atoms with E-state index in [-0.39, 0.29) is 6.04 Å². The summed E-state index contributed by atoms with van der Waals surface area (Å²) in [5.41, 5.74) is 2.10. The van der Waals surface area contributed by atoms with E-state index >= 15 is 0 Å². The van der Waals surface area contributed by atoms with E-state index in [1.807, 2.05) is 49.4 Å². The van der Waals surface area contributed by atoms with Gasteiger partial charge in [0.05, 0.1) is 17.9 Å². The van der Waals surface area contributed by atoms with Gasteiger partial charge in [0, 0.05) is 5.02 Å². The lowest BCUT2D eigenvalue weighted by Crippen LogP contribution is -2.29. The first kappa shape index (κ1) is 14.5. The predicted molar refractivity (Wildman–Crippen MR) is 82.4 cm³/mol. The van der Waals surface area contributed by atoms with E-state index in [9.17, 15) is 4.91 Å². The number of nitrogens with zero attached hydrogens (tertiary/aromatic N) is 2. The van der Waals surface area contributed by atoms with E-state index in [0.29, 0.717) is 11.6 Å². The molecular formula is C16H17ClN2O. The quantitative estimate of drug-likeness (QED) is 0.581. The number of nitroso groups, excluding NO2 is 1. The molecule has 0 saturated carbocycles. The summed E-state index contributed by atoms with van der Waals surface area (Å²) in [5, 5.41) is 5.34. The van der Waals surface area contributed by atoms with Crippen molar-refractivity contribution in [3.63, 3.8) is 0 Å². The SMILES string of the molecule is CC(Cc1ccccc1)N(Cc1ccccc1Cl)N=O. The molecule has 1 unspecified atom stereocenters. The monoisotopic (exact) mass is 288 g/mol. The second kappa shape index (κ2) is 7.06. The lowest BCUT2D eigenvalue weighted by molar-refractivity contribution is 0.204. The summed E-state index contributed by atoms with van der Waals surface area (Å²) in [6, 6.07) is 17.6. The van der Waals surface area contributed by atoms with Crippen LogP contribution in [-0.2, 0) is 13.0 Å². The molecule has 2 aromatic rings. The average molecular weight is 289 g/mol. The Hall–Kier alpha value is -1.87. The summed E-state index contributed by atoms with van der Waals surface area (Å²) < 4.78 is 0. The zero-order valence-electron chi connectivity index (χ0n) is 11.4. The first-order valence-corrected chi connectivity index (χ1v) is 6.95. The molecule has 0 saturated heterocycles. The molecular weight excluding hydrogens is 272 g/mol. The third kappa shape index (κ3) is 3.81. The van der Waals surface area contributed by atoms with E-state index in [0.717, 1.165) is 12.0 Å². The molecule has 0 aliphatic heterocycles. The van der Waals surface area contributed by atoms with Gasteiger partial charge in [-0.3, -0.25) is 5.01 Å². The van der Waals surface area contributed by atoms with Crippen molar-refractivity contribution in [1.82, 2.24) is 5.01 Å². The molecule has 20 heavy (non-hydrogen) atoms. The van der Waals surface area contributed by atoms with Gasteiger partial charge in [-0.25, -0.2) is 0 Å². The van der Waals surface area contributed by atoms with Gasteiger partial charge in [0.1, 0.15) is 0 Å². The molecule has 0 aliphatic carbocycles. The Morgan fingerprint density at radius 2 is 1.75 bits per heavy atom. The van der Waals surface area contributed by atoms with Crippen LogP contribution in [-0.4, -0.2) is 11.1 Å². The lowest BCUT2D eigenvalue weighted by atomic mass is 10.1. The summed E-state index contributed by atoms with van der Waals surface area (Å²) in [6.45, 7) is 2.42. The Morgan fingerprint density at radius 1 is 1.10 bits per heavy atom. The molecule has 3 nitrogen and oxygen atoms in total. The van der Waals surface area contributed by atoms with Gasteiger partial charge in [-0.15, -0.1) is 4.91 Å². The van der Waals surface area contributed by atoms with Gasteiger partial charge in [0.25, 0.3) is 0 Å². The molecule has 0 aliphatic rings. The standard InChI is InChI=1S/C16H17ClN2O/c1-13(11-14-7-3-2-4-8-14)19(18-20)12-15-9-5-6-10-16(15)17/h2-10,13H,11-12H2,1H3. The van der Waals surface area contributed by atoms with Crippen LogP contribution in [0.1, 0.15) is 18.1 Å². The van der Waals surface area contributed by atoms with Crippen LogP contribution in [0.4, 0.5) is 0 Å². The fourth-order valence-electron chi connectivity index (χ4n) is 2.13. The van der Waals surface area contributed by atoms with E-state index in [4.69, 9.17) is 11.6 Å². The van der Waals surface area contributed by atoms with Crippen molar-refractivity contribution < 1.29 is 0 Å². The minimum absolute atomic E-state index is 0.0196. The summed E-state index contributed by atoms with van der Waals surface area (Å²) in [6.07, 6.45) is 0.775. The highest BCUT2D eigenvalue weighted by molar-refractivity contribution is 6.31. The largest absolute Gasteiger partial charge is 0.253 e. The van der Waals surface area contributed by atoms with Gasteiger partial charge < -0.3 is 0 Å². The summed E-state index contributed by atoms with van der Waals surface area (Å²) in [5.74, 6) is 0. The van der Waals surface area contributed by atoms with Crippen molar-refractivity contribution in [3.8, 4) is 0 Å². The van der Waals surface area contributed by atoms with Crippen LogP contribution >= 0.6 is 11.6 Å². The van der Waals surface area contributed by atoms with Gasteiger partial charge in [-0.05, 0) is 30.5 Å². The Kier molecular flexibility index (Phi) is 5.13. The van der Waals surface area contributed by atoms with Crippen molar-refractivity contribution in [2.45, 2.75) is 25.9 Å². The van der Waals surface area contributed by atoms with E-state index in [2.05, 4.69) is 17.4 Å². The molecule has 0 aromatic heterocycles. The summed E-state index contributed by atoms with van der Waals surface area (Å²) >= 11 is 6.12. The molecule has 0 N–H and O–H groups in total. The van der Waals surface area contributed by atoms with Crippen LogP contribution in [0, 0.1) is 4.91 Å². The number of hydrogen-bond acceptors (Lipinski definition) is 2. The fraction of sp³-hybridized carbons (Fsp3) is 0.250. The van der Waals surface area contributed by atoms with E-state index in [1.54, 1.807) is 0 Å². The first-order chi connectivity index (χ1) is 9.70. The first-order valence-electron chi connectivity index (χ1n) is 6.58. The van der Waals surface area contributed by atoms with Gasteiger partial charge in [-0.2, -0.15) is 0 Å². The number of hydrogen-bond donors (Lipinski definition) is 0. The smallest absolute Gasteiger partial charge is 0.0660 e. The van der Waals surface area contributed by atoms with Crippen LogP contribution < -0.4 is 0 Å². The van der Waals surface area contributed by atoms with E-state index < -0.39 is 0 Å². The third-order valence-electron chi connectivity index (χ3n) is 3.28. The Morgan fingerprint density at radius 3 is 2.40 bits per heavy atom. The number of benzene rings is 2. The highest BCUT2D eigenvalue weighted by atomic mass is 35.5. The fourth-order valence-corrected chi connectivity index (χ4v) is 2.32. The highest BCUT2D eigenvalue weighted by Crippen LogP contribution is 2.19. The molecule has 1 atom stereocenters. The van der Waals surface area contributed by atoms with Crippen LogP contribution in [0.25, 0.3) is 0 Å². The molecule has 0 spiro atoms. The van der Waals surface area contributed by atoms with Crippen molar-refractivity contribution in [2.24, 2.45) is 5.29 Å². The normalized spacial score (nSPS) is 11.9. The van der Waals surface area contributed by atoms with Gasteiger partial charge in [-0.1, -0.05) is 60.1 Å². The molecule has 0 amide bonds. The Bertz CT molecular complexity index is 559. The van der Waals surface area contributed by atoms with Crippen molar-refractivity contribution in [1.29, 1.82) is 0 Å². The molecule has 4 heteroatoms. The topological polar surface area (TPSA) is 32.7 Å². The lowest BCUT2D eigenvalue weighted by Gasteiger charge is -2.23. The van der Waals surface area contributed by atoms with Gasteiger partial charge in [0.2, 0.25) is 0 Å². The van der Waals surface area contributed by atoms with Crippen molar-refractivity contribution in [3.05, 3.63) is 75.7 Å². The molecule has 0 heterocycles. The molecule has 0 fully saturated rings. The number of halogens is 1. The minimum atomic E-state index is 0.0196. The van der Waals surface area contributed by atoms with Crippen molar-refractivity contribution >= 4 is 11.6 Å². The van der Waals surface area contributed by atoms with Gasteiger partial charge >= 0.3 is 0 Å². The van der Waals surface area contributed by atoms with Crippen LogP contribution in [0.3, 0.4) is 0 Å². The van der Waals surface area contributed by atoms with Crippen LogP contribution in [0.2, 0.25) is 5.02 Å². The highest BCUT2D eigenvalue weighted by Gasteiger charge is 2.15. The third-order valence-corrected chi connectivity index (χ3v) is 3.65. The molecule has 2 rings (SSSR count). The predicted octanol–water partition coefficient (Wildman–Crippen LogP) is 4.45. The minimum Gasteiger partial charge on any atom is -0.253 e.